The van der Waals surface area contributed by atoms with Crippen LogP contribution in [-0.2, 0) is 6.42 Å². The molecule has 0 fully saturated rings. The van der Waals surface area contributed by atoms with Crippen LogP contribution in [0.4, 0.5) is 5.69 Å². The van der Waals surface area contributed by atoms with Crippen molar-refractivity contribution in [3.8, 4) is 0 Å². The molecule has 2 aromatic rings. The molecule has 0 amide bonds. The lowest BCUT2D eigenvalue weighted by Crippen LogP contribution is -2.23. The molecule has 0 atom stereocenters. The maximum Gasteiger partial charge on any atom is 0.266 e. The van der Waals surface area contributed by atoms with E-state index in [9.17, 15) is 4.79 Å². The fraction of sp³-hybridized carbons (Fsp3) is 0.474. The molecule has 0 aliphatic heterocycles. The molecular weight excluding hydrogens is 322 g/mol. The van der Waals surface area contributed by atoms with Gasteiger partial charge in [0.25, 0.3) is 5.91 Å². The summed E-state index contributed by atoms with van der Waals surface area (Å²) in [6.45, 7) is 10.5. The molecule has 1 N–H and O–H groups in total. The number of halogens is 1. The number of carbonyl (C=O) groups excluding carboxylic acids is 1. The average Bonchev–Trinajstić information content (AvgIpc) is 2.81. The first-order chi connectivity index (χ1) is 11.3. The summed E-state index contributed by atoms with van der Waals surface area (Å²) in [7, 11) is 0. The second-order valence-electron chi connectivity index (χ2n) is 6.65. The largest absolute Gasteiger partial charge is 0.376 e. The molecule has 1 aromatic heterocycles. The van der Waals surface area contributed by atoms with Crippen LogP contribution in [0.3, 0.4) is 0 Å². The highest BCUT2D eigenvalue weighted by Crippen LogP contribution is 2.23. The first kappa shape index (κ1) is 18.5. The van der Waals surface area contributed by atoms with E-state index in [2.05, 4.69) is 24.3 Å². The van der Waals surface area contributed by atoms with Gasteiger partial charge in [-0.2, -0.15) is 5.10 Å². The third kappa shape index (κ3) is 4.18. The van der Waals surface area contributed by atoms with Crippen LogP contribution in [-0.4, -0.2) is 22.2 Å². The summed E-state index contributed by atoms with van der Waals surface area (Å²) >= 11 is 6.11. The van der Waals surface area contributed by atoms with E-state index in [1.165, 1.54) is 10.2 Å². The quantitative estimate of drug-likeness (QED) is 0.816. The topological polar surface area (TPSA) is 46.9 Å². The Labute approximate surface area is 149 Å². The van der Waals surface area contributed by atoms with Gasteiger partial charge in [-0.1, -0.05) is 31.5 Å². The molecule has 0 saturated carbocycles. The highest BCUT2D eigenvalue weighted by Gasteiger charge is 2.16. The Bertz CT molecular complexity index is 734. The summed E-state index contributed by atoms with van der Waals surface area (Å²) in [5.41, 5.74) is 4.90. The minimum atomic E-state index is -0.0641. The van der Waals surface area contributed by atoms with Gasteiger partial charge in [0.05, 0.1) is 12.2 Å². The standard InChI is InChI=1S/C19H26ClN3O/c1-12(2)9-10-16-14(4)22-23(15(16)5)19(24)11-21-18-8-6-7-17(20)13(18)3/h6-8,12,21H,9-11H2,1-5H3. The molecule has 0 aliphatic rings. The van der Waals surface area contributed by atoms with Gasteiger partial charge in [-0.3, -0.25) is 4.79 Å². The molecule has 130 valence electrons. The van der Waals surface area contributed by atoms with Crippen molar-refractivity contribution in [2.24, 2.45) is 5.92 Å². The van der Waals surface area contributed by atoms with Gasteiger partial charge < -0.3 is 5.32 Å². The lowest BCUT2D eigenvalue weighted by molar-refractivity contribution is 0.0910. The predicted molar refractivity (Wildman–Crippen MR) is 100 cm³/mol. The molecule has 0 saturated heterocycles. The second-order valence-corrected chi connectivity index (χ2v) is 7.06. The smallest absolute Gasteiger partial charge is 0.266 e. The number of nitrogens with one attached hydrogen (secondary N) is 1. The van der Waals surface area contributed by atoms with Gasteiger partial charge in [-0.15, -0.1) is 0 Å². The summed E-state index contributed by atoms with van der Waals surface area (Å²) in [5.74, 6) is 0.570. The maximum absolute atomic E-state index is 12.5. The Hall–Kier alpha value is -1.81. The van der Waals surface area contributed by atoms with Crippen molar-refractivity contribution >= 4 is 23.2 Å². The first-order valence-electron chi connectivity index (χ1n) is 8.38. The summed E-state index contributed by atoms with van der Waals surface area (Å²) in [5, 5.41) is 8.29. The minimum absolute atomic E-state index is 0.0641. The molecule has 0 unspecified atom stereocenters. The van der Waals surface area contributed by atoms with Gasteiger partial charge in [0.15, 0.2) is 0 Å². The summed E-state index contributed by atoms with van der Waals surface area (Å²) < 4.78 is 1.53. The van der Waals surface area contributed by atoms with Crippen LogP contribution in [0.2, 0.25) is 5.02 Å². The van der Waals surface area contributed by atoms with Crippen molar-refractivity contribution in [2.75, 3.05) is 11.9 Å². The highest BCUT2D eigenvalue weighted by atomic mass is 35.5. The SMILES string of the molecule is Cc1nn(C(=O)CNc2cccc(Cl)c2C)c(C)c1CCC(C)C. The van der Waals surface area contributed by atoms with Crippen LogP contribution >= 0.6 is 11.6 Å². The Morgan fingerprint density at radius 3 is 2.67 bits per heavy atom. The number of aryl methyl sites for hydroxylation is 1. The predicted octanol–water partition coefficient (Wildman–Crippen LogP) is 4.80. The second kappa shape index (κ2) is 7.84. The molecule has 0 aliphatic carbocycles. The van der Waals surface area contributed by atoms with Crippen molar-refractivity contribution in [1.29, 1.82) is 0 Å². The summed E-state index contributed by atoms with van der Waals surface area (Å²) in [6, 6.07) is 5.63. The molecule has 0 radical (unpaired) electrons. The number of hydrogen-bond donors (Lipinski definition) is 1. The van der Waals surface area contributed by atoms with Crippen LogP contribution in [0.25, 0.3) is 0 Å². The fourth-order valence-electron chi connectivity index (χ4n) is 2.76. The van der Waals surface area contributed by atoms with Crippen LogP contribution in [0, 0.1) is 26.7 Å². The van der Waals surface area contributed by atoms with Gasteiger partial charge in [-0.25, -0.2) is 4.68 Å². The molecule has 1 aromatic carbocycles. The van der Waals surface area contributed by atoms with Gasteiger partial charge in [0, 0.05) is 16.4 Å². The number of aromatic nitrogens is 2. The fourth-order valence-corrected chi connectivity index (χ4v) is 2.93. The number of rotatable bonds is 6. The maximum atomic E-state index is 12.5. The van der Waals surface area contributed by atoms with E-state index in [0.717, 1.165) is 35.5 Å². The van der Waals surface area contributed by atoms with Crippen LogP contribution in [0.5, 0.6) is 0 Å². The first-order valence-corrected chi connectivity index (χ1v) is 8.76. The summed E-state index contributed by atoms with van der Waals surface area (Å²) in [6.07, 6.45) is 2.06. The molecule has 2 rings (SSSR count). The van der Waals surface area contributed by atoms with Gasteiger partial charge in [0.1, 0.15) is 0 Å². The average molecular weight is 348 g/mol. The third-order valence-corrected chi connectivity index (χ3v) is 4.76. The Morgan fingerprint density at radius 2 is 2.00 bits per heavy atom. The molecule has 4 nitrogen and oxygen atoms in total. The van der Waals surface area contributed by atoms with Crippen LogP contribution in [0.15, 0.2) is 18.2 Å². The third-order valence-electron chi connectivity index (χ3n) is 4.35. The monoisotopic (exact) mass is 347 g/mol. The lowest BCUT2D eigenvalue weighted by atomic mass is 10.0. The van der Waals surface area contributed by atoms with Gasteiger partial charge in [-0.05, 0) is 62.8 Å². The zero-order chi connectivity index (χ0) is 17.9. The molecule has 24 heavy (non-hydrogen) atoms. The van der Waals surface area contributed by atoms with Crippen molar-refractivity contribution in [3.05, 3.63) is 45.7 Å². The van der Waals surface area contributed by atoms with Crippen LogP contribution < -0.4 is 5.32 Å². The van der Waals surface area contributed by atoms with Gasteiger partial charge in [0.2, 0.25) is 0 Å². The van der Waals surface area contributed by atoms with Crippen molar-refractivity contribution in [3.63, 3.8) is 0 Å². The zero-order valence-electron chi connectivity index (χ0n) is 15.1. The molecule has 0 bridgehead atoms. The van der Waals surface area contributed by atoms with Crippen molar-refractivity contribution in [1.82, 2.24) is 9.78 Å². The molecule has 0 spiro atoms. The molecule has 5 heteroatoms. The van der Waals surface area contributed by atoms with E-state index < -0.39 is 0 Å². The number of nitrogens with zero attached hydrogens (tertiary/aromatic N) is 2. The molecule has 1 heterocycles. The van der Waals surface area contributed by atoms with Gasteiger partial charge >= 0.3 is 0 Å². The van der Waals surface area contributed by atoms with E-state index >= 15 is 0 Å². The number of anilines is 1. The van der Waals surface area contributed by atoms with E-state index in [1.54, 1.807) is 0 Å². The Kier molecular flexibility index (Phi) is 6.05. The van der Waals surface area contributed by atoms with E-state index in [1.807, 2.05) is 39.0 Å². The van der Waals surface area contributed by atoms with Crippen molar-refractivity contribution < 1.29 is 4.79 Å². The van der Waals surface area contributed by atoms with E-state index in [-0.39, 0.29) is 12.5 Å². The van der Waals surface area contributed by atoms with E-state index in [0.29, 0.717) is 10.9 Å². The number of carbonyl (C=O) groups is 1. The van der Waals surface area contributed by atoms with Crippen molar-refractivity contribution in [2.45, 2.75) is 47.5 Å². The summed E-state index contributed by atoms with van der Waals surface area (Å²) in [4.78, 5) is 12.5. The zero-order valence-corrected chi connectivity index (χ0v) is 15.9. The van der Waals surface area contributed by atoms with Crippen LogP contribution in [0.1, 0.15) is 47.6 Å². The molecular formula is C19H26ClN3O. The Balaban J connectivity index is 2.10. The minimum Gasteiger partial charge on any atom is -0.376 e. The lowest BCUT2D eigenvalue weighted by Gasteiger charge is -2.11. The van der Waals surface area contributed by atoms with E-state index in [4.69, 9.17) is 11.6 Å². The highest BCUT2D eigenvalue weighted by molar-refractivity contribution is 6.31. The Morgan fingerprint density at radius 1 is 1.29 bits per heavy atom. The number of hydrogen-bond acceptors (Lipinski definition) is 3. The number of benzene rings is 1. The normalized spacial score (nSPS) is 11.1.